The summed E-state index contributed by atoms with van der Waals surface area (Å²) in [4.78, 5) is 4.22. The summed E-state index contributed by atoms with van der Waals surface area (Å²) in [5, 5.41) is 4.01. The van der Waals surface area contributed by atoms with E-state index in [0.717, 1.165) is 17.0 Å². The Labute approximate surface area is 106 Å². The fourth-order valence-electron chi connectivity index (χ4n) is 1.56. The fourth-order valence-corrected chi connectivity index (χ4v) is 1.75. The number of nitrogens with zero attached hydrogens (tertiary/aromatic N) is 1. The number of oxazole rings is 1. The molecule has 0 atom stereocenters. The third-order valence-electron chi connectivity index (χ3n) is 2.41. The van der Waals surface area contributed by atoms with E-state index in [1.165, 1.54) is 6.39 Å². The average Bonchev–Trinajstić information content (AvgIpc) is 2.74. The van der Waals surface area contributed by atoms with Crippen molar-refractivity contribution >= 4 is 11.6 Å². The summed E-state index contributed by atoms with van der Waals surface area (Å²) in [6.07, 6.45) is 1.47. The molecule has 0 unspecified atom stereocenters. The minimum absolute atomic E-state index is 0.416. The van der Waals surface area contributed by atoms with Crippen molar-refractivity contribution in [2.24, 2.45) is 0 Å². The Hall–Kier alpha value is -1.32. The number of benzene rings is 1. The van der Waals surface area contributed by atoms with Crippen LogP contribution in [0.3, 0.4) is 0 Å². The second-order valence-electron chi connectivity index (χ2n) is 4.17. The topological polar surface area (TPSA) is 38.1 Å². The first-order valence-electron chi connectivity index (χ1n) is 5.58. The van der Waals surface area contributed by atoms with Gasteiger partial charge in [-0.2, -0.15) is 0 Å². The largest absolute Gasteiger partial charge is 0.443 e. The van der Waals surface area contributed by atoms with Gasteiger partial charge in [-0.25, -0.2) is 4.98 Å². The van der Waals surface area contributed by atoms with Gasteiger partial charge in [0.15, 0.2) is 12.2 Å². The van der Waals surface area contributed by atoms with Crippen molar-refractivity contribution in [2.75, 3.05) is 0 Å². The first-order chi connectivity index (χ1) is 8.16. The van der Waals surface area contributed by atoms with Gasteiger partial charge >= 0.3 is 0 Å². The van der Waals surface area contributed by atoms with E-state index in [0.29, 0.717) is 17.6 Å². The summed E-state index contributed by atoms with van der Waals surface area (Å²) in [7, 11) is 0. The van der Waals surface area contributed by atoms with E-state index in [1.807, 2.05) is 24.3 Å². The molecule has 90 valence electrons. The quantitative estimate of drug-likeness (QED) is 0.903. The fraction of sp³-hybridized carbons (Fsp3) is 0.308. The van der Waals surface area contributed by atoms with Crippen LogP contribution in [0.5, 0.6) is 0 Å². The highest BCUT2D eigenvalue weighted by Crippen LogP contribution is 2.25. The predicted octanol–water partition coefficient (Wildman–Crippen LogP) is 3.49. The Balaban J connectivity index is 2.24. The lowest BCUT2D eigenvalue weighted by Crippen LogP contribution is -2.22. The van der Waals surface area contributed by atoms with Crippen molar-refractivity contribution in [2.45, 2.75) is 26.4 Å². The Kier molecular flexibility index (Phi) is 3.82. The van der Waals surface area contributed by atoms with Crippen LogP contribution < -0.4 is 5.32 Å². The molecule has 3 nitrogen and oxygen atoms in total. The smallest absolute Gasteiger partial charge is 0.181 e. The van der Waals surface area contributed by atoms with Gasteiger partial charge in [-0.1, -0.05) is 37.6 Å². The van der Waals surface area contributed by atoms with Crippen LogP contribution in [0.25, 0.3) is 11.3 Å². The van der Waals surface area contributed by atoms with E-state index >= 15 is 0 Å². The molecule has 2 rings (SSSR count). The van der Waals surface area contributed by atoms with Gasteiger partial charge in [0.2, 0.25) is 0 Å². The van der Waals surface area contributed by atoms with E-state index in [2.05, 4.69) is 24.1 Å². The lowest BCUT2D eigenvalue weighted by Gasteiger charge is -2.07. The van der Waals surface area contributed by atoms with Crippen LogP contribution in [0.15, 0.2) is 35.1 Å². The molecule has 1 aromatic carbocycles. The van der Waals surface area contributed by atoms with Crippen molar-refractivity contribution < 1.29 is 4.42 Å². The van der Waals surface area contributed by atoms with E-state index in [4.69, 9.17) is 16.0 Å². The molecule has 0 spiro atoms. The molecule has 2 aromatic rings. The summed E-state index contributed by atoms with van der Waals surface area (Å²) in [6, 6.07) is 8.00. The molecule has 0 amide bonds. The number of aromatic nitrogens is 1. The monoisotopic (exact) mass is 250 g/mol. The average molecular weight is 251 g/mol. The third kappa shape index (κ3) is 3.08. The predicted molar refractivity (Wildman–Crippen MR) is 68.9 cm³/mol. The molecule has 0 aliphatic carbocycles. The van der Waals surface area contributed by atoms with Gasteiger partial charge in [0, 0.05) is 23.2 Å². The second kappa shape index (κ2) is 5.34. The molecule has 0 aliphatic heterocycles. The molecule has 1 N–H and O–H groups in total. The highest BCUT2D eigenvalue weighted by Gasteiger charge is 2.11. The maximum absolute atomic E-state index is 5.96. The van der Waals surface area contributed by atoms with E-state index in [-0.39, 0.29) is 0 Å². The van der Waals surface area contributed by atoms with Crippen LogP contribution >= 0.6 is 11.6 Å². The van der Waals surface area contributed by atoms with Gasteiger partial charge in [0.1, 0.15) is 5.69 Å². The molecule has 17 heavy (non-hydrogen) atoms. The van der Waals surface area contributed by atoms with E-state index in [1.54, 1.807) is 0 Å². The molecule has 4 heteroatoms. The minimum Gasteiger partial charge on any atom is -0.443 e. The zero-order valence-electron chi connectivity index (χ0n) is 9.90. The Morgan fingerprint density at radius 1 is 1.41 bits per heavy atom. The van der Waals surface area contributed by atoms with Crippen molar-refractivity contribution in [1.82, 2.24) is 10.3 Å². The van der Waals surface area contributed by atoms with Gasteiger partial charge < -0.3 is 9.73 Å². The normalized spacial score (nSPS) is 11.1. The maximum Gasteiger partial charge on any atom is 0.181 e. The Bertz CT molecular complexity index is 494. The minimum atomic E-state index is 0.416. The summed E-state index contributed by atoms with van der Waals surface area (Å²) in [5.41, 5.74) is 1.86. The van der Waals surface area contributed by atoms with Crippen molar-refractivity contribution in [3.8, 4) is 11.3 Å². The lowest BCUT2D eigenvalue weighted by molar-refractivity contribution is 0.563. The van der Waals surface area contributed by atoms with Crippen LogP contribution in [-0.4, -0.2) is 11.0 Å². The van der Waals surface area contributed by atoms with Crippen LogP contribution in [0.4, 0.5) is 0 Å². The molecule has 0 aliphatic rings. The number of halogens is 1. The van der Waals surface area contributed by atoms with Gasteiger partial charge in [0.05, 0.1) is 0 Å². The van der Waals surface area contributed by atoms with E-state index in [9.17, 15) is 0 Å². The molecular weight excluding hydrogens is 236 g/mol. The third-order valence-corrected chi connectivity index (χ3v) is 2.64. The molecule has 1 aromatic heterocycles. The molecule has 1 heterocycles. The number of hydrogen-bond donors (Lipinski definition) is 1. The lowest BCUT2D eigenvalue weighted by atomic mass is 10.1. The molecule has 0 saturated heterocycles. The van der Waals surface area contributed by atoms with Crippen molar-refractivity contribution in [3.05, 3.63) is 41.4 Å². The standard InChI is InChI=1S/C13H15ClN2O/c1-9(2)15-7-12-13(17-8-16-12)10-4-3-5-11(14)6-10/h3-6,8-9,15H,7H2,1-2H3. The zero-order valence-corrected chi connectivity index (χ0v) is 10.7. The van der Waals surface area contributed by atoms with Gasteiger partial charge in [0.25, 0.3) is 0 Å². The first-order valence-corrected chi connectivity index (χ1v) is 5.96. The summed E-state index contributed by atoms with van der Waals surface area (Å²) >= 11 is 5.96. The van der Waals surface area contributed by atoms with Crippen molar-refractivity contribution in [3.63, 3.8) is 0 Å². The SMILES string of the molecule is CC(C)NCc1ncoc1-c1cccc(Cl)c1. The van der Waals surface area contributed by atoms with Gasteiger partial charge in [-0.3, -0.25) is 0 Å². The summed E-state index contributed by atoms with van der Waals surface area (Å²) in [5.74, 6) is 0.778. The van der Waals surface area contributed by atoms with Gasteiger partial charge in [-0.15, -0.1) is 0 Å². The maximum atomic E-state index is 5.96. The number of hydrogen-bond acceptors (Lipinski definition) is 3. The molecular formula is C13H15ClN2O. The number of nitrogens with one attached hydrogen (secondary N) is 1. The Morgan fingerprint density at radius 2 is 2.24 bits per heavy atom. The molecule has 0 radical (unpaired) electrons. The first kappa shape index (κ1) is 12.1. The van der Waals surface area contributed by atoms with E-state index < -0.39 is 0 Å². The van der Waals surface area contributed by atoms with Crippen LogP contribution in [-0.2, 0) is 6.54 Å². The number of rotatable bonds is 4. The second-order valence-corrected chi connectivity index (χ2v) is 4.61. The summed E-state index contributed by atoms with van der Waals surface area (Å²) < 4.78 is 5.43. The Morgan fingerprint density at radius 3 is 2.94 bits per heavy atom. The van der Waals surface area contributed by atoms with Crippen molar-refractivity contribution in [1.29, 1.82) is 0 Å². The zero-order chi connectivity index (χ0) is 12.3. The molecule has 0 saturated carbocycles. The highest BCUT2D eigenvalue weighted by atomic mass is 35.5. The van der Waals surface area contributed by atoms with Gasteiger partial charge in [-0.05, 0) is 12.1 Å². The van der Waals surface area contributed by atoms with Crippen LogP contribution in [0.1, 0.15) is 19.5 Å². The van der Waals surface area contributed by atoms with Crippen LogP contribution in [0, 0.1) is 0 Å². The summed E-state index contributed by atoms with van der Waals surface area (Å²) in [6.45, 7) is 4.88. The molecule has 0 bridgehead atoms. The van der Waals surface area contributed by atoms with Crippen LogP contribution in [0.2, 0.25) is 5.02 Å². The molecule has 0 fully saturated rings. The highest BCUT2D eigenvalue weighted by molar-refractivity contribution is 6.30.